The standard InChI is InChI=1S/C18H21N3O6/c1-10(2)8-13(17(24)26-3)19-14(22)9-27-18(25)15-11-6-4-5-7-12(11)16(23)21-20-15/h4-7,10,13H,8-9H2,1-3H3,(H,19,22)(H,21,23)/t13-/m0/s1. The molecule has 0 saturated carbocycles. The second-order valence-corrected chi connectivity index (χ2v) is 6.30. The van der Waals surface area contributed by atoms with Crippen LogP contribution >= 0.6 is 0 Å². The number of methoxy groups -OCH3 is 1. The van der Waals surface area contributed by atoms with Crippen LogP contribution in [0.15, 0.2) is 29.1 Å². The molecule has 1 aromatic heterocycles. The first-order valence-electron chi connectivity index (χ1n) is 8.35. The fraction of sp³-hybridized carbons (Fsp3) is 0.389. The molecule has 0 aliphatic heterocycles. The molecule has 0 aliphatic carbocycles. The van der Waals surface area contributed by atoms with Gasteiger partial charge in [0, 0.05) is 5.39 Å². The highest BCUT2D eigenvalue weighted by Gasteiger charge is 2.23. The first kappa shape index (κ1) is 20.1. The van der Waals surface area contributed by atoms with Gasteiger partial charge in [-0.05, 0) is 18.4 Å². The van der Waals surface area contributed by atoms with Crippen molar-refractivity contribution in [3.8, 4) is 0 Å². The molecule has 0 fully saturated rings. The van der Waals surface area contributed by atoms with Crippen molar-refractivity contribution < 1.29 is 23.9 Å². The zero-order chi connectivity index (χ0) is 20.0. The van der Waals surface area contributed by atoms with Crippen molar-refractivity contribution >= 4 is 28.6 Å². The van der Waals surface area contributed by atoms with Crippen molar-refractivity contribution in [3.05, 3.63) is 40.3 Å². The second-order valence-electron chi connectivity index (χ2n) is 6.30. The van der Waals surface area contributed by atoms with Gasteiger partial charge in [0.25, 0.3) is 11.5 Å². The maximum atomic E-state index is 12.2. The normalized spacial score (nSPS) is 11.9. The number of amides is 1. The van der Waals surface area contributed by atoms with Gasteiger partial charge in [0.1, 0.15) is 6.04 Å². The fourth-order valence-corrected chi connectivity index (χ4v) is 2.53. The maximum absolute atomic E-state index is 12.2. The fourth-order valence-electron chi connectivity index (χ4n) is 2.53. The molecule has 9 nitrogen and oxygen atoms in total. The molecular formula is C18H21N3O6. The van der Waals surface area contributed by atoms with E-state index in [1.165, 1.54) is 7.11 Å². The van der Waals surface area contributed by atoms with Crippen LogP contribution in [0.3, 0.4) is 0 Å². The summed E-state index contributed by atoms with van der Waals surface area (Å²) in [6.07, 6.45) is 0.387. The van der Waals surface area contributed by atoms with Crippen LogP contribution in [0.25, 0.3) is 10.8 Å². The molecule has 27 heavy (non-hydrogen) atoms. The Morgan fingerprint density at radius 1 is 1.19 bits per heavy atom. The topological polar surface area (TPSA) is 127 Å². The molecular weight excluding hydrogens is 354 g/mol. The molecule has 0 spiro atoms. The third kappa shape index (κ3) is 5.13. The first-order chi connectivity index (χ1) is 12.8. The number of nitrogens with zero attached hydrogens (tertiary/aromatic N) is 1. The summed E-state index contributed by atoms with van der Waals surface area (Å²) in [4.78, 5) is 47.8. The Labute approximate surface area is 155 Å². The van der Waals surface area contributed by atoms with Gasteiger partial charge in [0.15, 0.2) is 12.3 Å². The third-order valence-corrected chi connectivity index (χ3v) is 3.75. The minimum atomic E-state index is -0.865. The minimum absolute atomic E-state index is 0.107. The Bertz CT molecular complexity index is 905. The van der Waals surface area contributed by atoms with Crippen LogP contribution in [0.4, 0.5) is 0 Å². The predicted octanol–water partition coefficient (Wildman–Crippen LogP) is 0.784. The maximum Gasteiger partial charge on any atom is 0.359 e. The van der Waals surface area contributed by atoms with E-state index in [0.717, 1.165) is 0 Å². The van der Waals surface area contributed by atoms with Crippen LogP contribution < -0.4 is 10.9 Å². The molecule has 2 aromatic rings. The molecule has 144 valence electrons. The molecule has 9 heteroatoms. The number of fused-ring (bicyclic) bond motifs is 1. The van der Waals surface area contributed by atoms with Gasteiger partial charge in [0.2, 0.25) is 0 Å². The average molecular weight is 375 g/mol. The predicted molar refractivity (Wildman–Crippen MR) is 96.0 cm³/mol. The van der Waals surface area contributed by atoms with Crippen LogP contribution in [0, 0.1) is 5.92 Å². The Hall–Kier alpha value is -3.23. The van der Waals surface area contributed by atoms with Gasteiger partial charge in [0.05, 0.1) is 12.5 Å². The number of esters is 2. The van der Waals surface area contributed by atoms with Gasteiger partial charge in [-0.3, -0.25) is 9.59 Å². The van der Waals surface area contributed by atoms with Gasteiger partial charge >= 0.3 is 11.9 Å². The van der Waals surface area contributed by atoms with Crippen LogP contribution in [-0.4, -0.2) is 47.8 Å². The molecule has 1 aromatic carbocycles. The van der Waals surface area contributed by atoms with E-state index in [1.807, 2.05) is 13.8 Å². The molecule has 2 N–H and O–H groups in total. The van der Waals surface area contributed by atoms with E-state index < -0.39 is 36.1 Å². The lowest BCUT2D eigenvalue weighted by molar-refractivity contribution is -0.145. The van der Waals surface area contributed by atoms with Crippen LogP contribution in [0.1, 0.15) is 30.8 Å². The van der Waals surface area contributed by atoms with Crippen LogP contribution in [0.2, 0.25) is 0 Å². The molecule has 2 rings (SSSR count). The molecule has 0 radical (unpaired) electrons. The van der Waals surface area contributed by atoms with E-state index in [4.69, 9.17) is 4.74 Å². The molecule has 0 bridgehead atoms. The van der Waals surface area contributed by atoms with Crippen LogP contribution in [0.5, 0.6) is 0 Å². The van der Waals surface area contributed by atoms with Crippen molar-refractivity contribution in [2.45, 2.75) is 26.3 Å². The van der Waals surface area contributed by atoms with E-state index in [0.29, 0.717) is 11.8 Å². The molecule has 0 aliphatic rings. The number of carbonyl (C=O) groups excluding carboxylic acids is 3. The number of H-pyrrole nitrogens is 1. The number of hydrogen-bond acceptors (Lipinski definition) is 7. The average Bonchev–Trinajstić information content (AvgIpc) is 2.65. The monoisotopic (exact) mass is 375 g/mol. The van der Waals surface area contributed by atoms with E-state index in [9.17, 15) is 19.2 Å². The summed E-state index contributed by atoms with van der Waals surface area (Å²) in [7, 11) is 1.23. The number of ether oxygens (including phenoxy) is 2. The Morgan fingerprint density at radius 2 is 1.85 bits per heavy atom. The Kier molecular flexibility index (Phi) is 6.64. The smallest absolute Gasteiger partial charge is 0.359 e. The number of aromatic nitrogens is 2. The van der Waals surface area contributed by atoms with Gasteiger partial charge in [-0.2, -0.15) is 5.10 Å². The molecule has 0 unspecified atom stereocenters. The summed E-state index contributed by atoms with van der Waals surface area (Å²) >= 11 is 0. The summed E-state index contributed by atoms with van der Waals surface area (Å²) in [6, 6.07) is 5.59. The van der Waals surface area contributed by atoms with E-state index in [2.05, 4.69) is 20.3 Å². The SMILES string of the molecule is COC(=O)[C@H](CC(C)C)NC(=O)COC(=O)c1n[nH]c(=O)c2ccccc12. The lowest BCUT2D eigenvalue weighted by Gasteiger charge is -2.18. The number of nitrogens with one attached hydrogen (secondary N) is 2. The molecule has 1 heterocycles. The van der Waals surface area contributed by atoms with Crippen molar-refractivity contribution in [2.75, 3.05) is 13.7 Å². The van der Waals surface area contributed by atoms with Crippen molar-refractivity contribution in [3.63, 3.8) is 0 Å². The molecule has 0 saturated heterocycles. The van der Waals surface area contributed by atoms with E-state index in [-0.39, 0.29) is 17.0 Å². The number of benzene rings is 1. The Morgan fingerprint density at radius 3 is 2.48 bits per heavy atom. The second kappa shape index (κ2) is 8.93. The van der Waals surface area contributed by atoms with Crippen molar-refractivity contribution in [1.82, 2.24) is 15.5 Å². The van der Waals surface area contributed by atoms with Gasteiger partial charge in [-0.15, -0.1) is 0 Å². The molecule has 1 amide bonds. The molecule has 1 atom stereocenters. The van der Waals surface area contributed by atoms with Crippen molar-refractivity contribution in [2.24, 2.45) is 5.92 Å². The lowest BCUT2D eigenvalue weighted by atomic mass is 10.0. The highest BCUT2D eigenvalue weighted by atomic mass is 16.5. The number of carbonyl (C=O) groups is 3. The summed E-state index contributed by atoms with van der Waals surface area (Å²) in [6.45, 7) is 3.20. The van der Waals surface area contributed by atoms with Gasteiger partial charge in [-0.25, -0.2) is 14.7 Å². The highest BCUT2D eigenvalue weighted by molar-refractivity contribution is 6.02. The quantitative estimate of drug-likeness (QED) is 0.685. The largest absolute Gasteiger partial charge is 0.467 e. The van der Waals surface area contributed by atoms with E-state index >= 15 is 0 Å². The summed E-state index contributed by atoms with van der Waals surface area (Å²) in [5.74, 6) is -1.94. The van der Waals surface area contributed by atoms with E-state index in [1.54, 1.807) is 24.3 Å². The number of rotatable bonds is 7. The summed E-state index contributed by atoms with van der Waals surface area (Å²) in [5.41, 5.74) is -0.542. The lowest BCUT2D eigenvalue weighted by Crippen LogP contribution is -2.44. The zero-order valence-electron chi connectivity index (χ0n) is 15.3. The van der Waals surface area contributed by atoms with Gasteiger partial charge in [-0.1, -0.05) is 32.0 Å². The van der Waals surface area contributed by atoms with Gasteiger partial charge < -0.3 is 14.8 Å². The van der Waals surface area contributed by atoms with Crippen LogP contribution in [-0.2, 0) is 19.1 Å². The third-order valence-electron chi connectivity index (χ3n) is 3.75. The summed E-state index contributed by atoms with van der Waals surface area (Å²) in [5, 5.41) is 9.01. The highest BCUT2D eigenvalue weighted by Crippen LogP contribution is 2.13. The number of hydrogen-bond donors (Lipinski definition) is 2. The number of aromatic amines is 1. The Balaban J connectivity index is 2.05. The minimum Gasteiger partial charge on any atom is -0.467 e. The zero-order valence-corrected chi connectivity index (χ0v) is 15.3. The summed E-state index contributed by atoms with van der Waals surface area (Å²) < 4.78 is 9.63. The van der Waals surface area contributed by atoms with Crippen molar-refractivity contribution in [1.29, 1.82) is 0 Å². The first-order valence-corrected chi connectivity index (χ1v) is 8.35.